The van der Waals surface area contributed by atoms with E-state index < -0.39 is 5.97 Å². The third-order valence-corrected chi connectivity index (χ3v) is 5.07. The number of ether oxygens (including phenoxy) is 3. The summed E-state index contributed by atoms with van der Waals surface area (Å²) in [5.41, 5.74) is 4.33. The summed E-state index contributed by atoms with van der Waals surface area (Å²) >= 11 is 0. The minimum atomic E-state index is -0.447. The van der Waals surface area contributed by atoms with E-state index in [9.17, 15) is 9.59 Å². The monoisotopic (exact) mass is 418 g/mol. The van der Waals surface area contributed by atoms with Crippen LogP contribution in [0.15, 0.2) is 60.2 Å². The number of esters is 1. The fraction of sp³-hybridized carbons (Fsp3) is 0.231. The molecule has 0 fully saturated rings. The largest absolute Gasteiger partial charge is 0.466 e. The number of aldehydes is 1. The Labute approximate surface area is 182 Å². The molecule has 5 heteroatoms. The first-order chi connectivity index (χ1) is 15.0. The number of hydrogen-bond donors (Lipinski definition) is 0. The number of rotatable bonds is 8. The predicted octanol–water partition coefficient (Wildman–Crippen LogP) is 5.19. The summed E-state index contributed by atoms with van der Waals surface area (Å²) < 4.78 is 16.0. The van der Waals surface area contributed by atoms with E-state index in [1.807, 2.05) is 50.2 Å². The second kappa shape index (κ2) is 10.0. The Morgan fingerprint density at radius 2 is 1.74 bits per heavy atom. The van der Waals surface area contributed by atoms with Crippen LogP contribution in [-0.4, -0.2) is 33.3 Å². The molecule has 0 atom stereocenters. The molecule has 0 amide bonds. The molecule has 3 aromatic rings. The summed E-state index contributed by atoms with van der Waals surface area (Å²) in [5, 5.41) is 1.59. The van der Waals surface area contributed by atoms with Gasteiger partial charge in [0.15, 0.2) is 13.1 Å². The Bertz CT molecular complexity index is 1130. The van der Waals surface area contributed by atoms with Gasteiger partial charge in [0.25, 0.3) is 0 Å². The number of methoxy groups -OCH3 is 2. The van der Waals surface area contributed by atoms with E-state index >= 15 is 0 Å². The van der Waals surface area contributed by atoms with Crippen molar-refractivity contribution in [2.75, 3.05) is 21.0 Å². The van der Waals surface area contributed by atoms with Crippen molar-refractivity contribution in [3.05, 3.63) is 82.4 Å². The normalized spacial score (nSPS) is 10.6. The number of carbonyl (C=O) groups is 2. The summed E-state index contributed by atoms with van der Waals surface area (Å²) in [7, 11) is 2.88. The molecule has 0 saturated heterocycles. The smallest absolute Gasteiger partial charge is 0.338 e. The van der Waals surface area contributed by atoms with Crippen LogP contribution in [0.4, 0.5) is 0 Å². The van der Waals surface area contributed by atoms with Crippen LogP contribution in [0.3, 0.4) is 0 Å². The molecule has 5 nitrogen and oxygen atoms in total. The van der Waals surface area contributed by atoms with Crippen molar-refractivity contribution in [2.45, 2.75) is 20.3 Å². The Morgan fingerprint density at radius 3 is 2.35 bits per heavy atom. The van der Waals surface area contributed by atoms with Gasteiger partial charge in [0.2, 0.25) is 0 Å². The lowest BCUT2D eigenvalue weighted by Crippen LogP contribution is -2.09. The van der Waals surface area contributed by atoms with Gasteiger partial charge in [-0.1, -0.05) is 54.1 Å². The molecule has 0 N–H and O–H groups in total. The van der Waals surface area contributed by atoms with Crippen molar-refractivity contribution < 1.29 is 23.8 Å². The first-order valence-electron chi connectivity index (χ1n) is 9.97. The zero-order chi connectivity index (χ0) is 22.4. The SMILES string of the molecule is COCOc1c(C=O)cc(C(C(=O)OC)=C(C)C)c2cccc(Cc3ccccc3)c12. The van der Waals surface area contributed by atoms with Gasteiger partial charge in [-0.3, -0.25) is 4.79 Å². The molecule has 0 unspecified atom stereocenters. The first kappa shape index (κ1) is 22.2. The molecule has 0 radical (unpaired) electrons. The Hall–Kier alpha value is -3.44. The van der Waals surface area contributed by atoms with Crippen LogP contribution in [-0.2, 0) is 20.7 Å². The molecule has 0 aliphatic heterocycles. The highest BCUT2D eigenvalue weighted by Crippen LogP contribution is 2.39. The van der Waals surface area contributed by atoms with Gasteiger partial charge in [-0.2, -0.15) is 0 Å². The molecule has 0 heterocycles. The van der Waals surface area contributed by atoms with Crippen molar-refractivity contribution >= 4 is 28.6 Å². The van der Waals surface area contributed by atoms with Crippen molar-refractivity contribution in [3.8, 4) is 5.75 Å². The third kappa shape index (κ3) is 4.67. The van der Waals surface area contributed by atoms with Crippen LogP contribution in [0.25, 0.3) is 16.3 Å². The van der Waals surface area contributed by atoms with Crippen molar-refractivity contribution in [1.82, 2.24) is 0 Å². The van der Waals surface area contributed by atoms with Crippen LogP contribution in [0.1, 0.15) is 40.9 Å². The zero-order valence-electron chi connectivity index (χ0n) is 18.2. The fourth-order valence-corrected chi connectivity index (χ4v) is 3.75. The molecular formula is C26H26O5. The average molecular weight is 418 g/mol. The summed E-state index contributed by atoms with van der Waals surface area (Å²) in [6.07, 6.45) is 1.39. The summed E-state index contributed by atoms with van der Waals surface area (Å²) in [6.45, 7) is 3.70. The second-order valence-corrected chi connectivity index (χ2v) is 7.38. The molecule has 0 aliphatic carbocycles. The van der Waals surface area contributed by atoms with E-state index in [0.717, 1.165) is 33.8 Å². The Morgan fingerprint density at radius 1 is 1.00 bits per heavy atom. The molecule has 0 aromatic heterocycles. The topological polar surface area (TPSA) is 61.8 Å². The maximum absolute atomic E-state index is 12.6. The zero-order valence-corrected chi connectivity index (χ0v) is 18.2. The number of allylic oxidation sites excluding steroid dienone is 1. The van der Waals surface area contributed by atoms with E-state index in [4.69, 9.17) is 14.2 Å². The highest BCUT2D eigenvalue weighted by molar-refractivity contribution is 6.22. The maximum atomic E-state index is 12.6. The lowest BCUT2D eigenvalue weighted by Gasteiger charge is -2.19. The predicted molar refractivity (Wildman–Crippen MR) is 121 cm³/mol. The van der Waals surface area contributed by atoms with Crippen molar-refractivity contribution in [2.24, 2.45) is 0 Å². The lowest BCUT2D eigenvalue weighted by molar-refractivity contribution is -0.133. The van der Waals surface area contributed by atoms with Crippen LogP contribution in [0, 0.1) is 0 Å². The van der Waals surface area contributed by atoms with Crippen molar-refractivity contribution in [1.29, 1.82) is 0 Å². The van der Waals surface area contributed by atoms with Crippen LogP contribution >= 0.6 is 0 Å². The van der Waals surface area contributed by atoms with Gasteiger partial charge in [-0.25, -0.2) is 4.79 Å². The Kier molecular flexibility index (Phi) is 7.21. The summed E-state index contributed by atoms with van der Waals surface area (Å²) in [6, 6.07) is 17.6. The van der Waals surface area contributed by atoms with Gasteiger partial charge >= 0.3 is 5.97 Å². The van der Waals surface area contributed by atoms with E-state index in [-0.39, 0.29) is 6.79 Å². The van der Waals surface area contributed by atoms with E-state index in [1.54, 1.807) is 6.07 Å². The summed E-state index contributed by atoms with van der Waals surface area (Å²) in [5.74, 6) is -0.00252. The molecule has 3 aromatic carbocycles. The van der Waals surface area contributed by atoms with Crippen LogP contribution in [0.5, 0.6) is 5.75 Å². The minimum absolute atomic E-state index is 0.00145. The van der Waals surface area contributed by atoms with Gasteiger partial charge in [0, 0.05) is 12.5 Å². The molecule has 160 valence electrons. The van der Waals surface area contributed by atoms with Crippen molar-refractivity contribution in [3.63, 3.8) is 0 Å². The number of carbonyl (C=O) groups excluding carboxylic acids is 2. The molecule has 3 rings (SSSR count). The van der Waals surface area contributed by atoms with Gasteiger partial charge in [-0.15, -0.1) is 0 Å². The molecular weight excluding hydrogens is 392 g/mol. The first-order valence-corrected chi connectivity index (χ1v) is 9.97. The molecule has 0 aliphatic rings. The Balaban J connectivity index is 2.38. The summed E-state index contributed by atoms with van der Waals surface area (Å²) in [4.78, 5) is 24.6. The number of fused-ring (bicyclic) bond motifs is 1. The van der Waals surface area contributed by atoms with Gasteiger partial charge in [0.1, 0.15) is 5.75 Å². The van der Waals surface area contributed by atoms with Crippen LogP contribution in [0.2, 0.25) is 0 Å². The molecule has 31 heavy (non-hydrogen) atoms. The van der Waals surface area contributed by atoms with Gasteiger partial charge < -0.3 is 14.2 Å². The molecule has 0 spiro atoms. The minimum Gasteiger partial charge on any atom is -0.466 e. The second-order valence-electron chi connectivity index (χ2n) is 7.38. The van der Waals surface area contributed by atoms with Gasteiger partial charge in [0.05, 0.1) is 18.2 Å². The fourth-order valence-electron chi connectivity index (χ4n) is 3.75. The number of hydrogen-bond acceptors (Lipinski definition) is 5. The maximum Gasteiger partial charge on any atom is 0.338 e. The number of benzene rings is 3. The molecule has 0 bridgehead atoms. The average Bonchev–Trinajstić information content (AvgIpc) is 2.78. The molecule has 0 saturated carbocycles. The third-order valence-electron chi connectivity index (χ3n) is 5.07. The highest BCUT2D eigenvalue weighted by Gasteiger charge is 2.23. The standard InChI is InChI=1S/C26H26O5/c1-17(2)23(26(28)30-4)22-14-20(15-27)25(31-16-29-3)24-19(11-8-12-21(22)24)13-18-9-6-5-7-10-18/h5-12,14-15H,13,16H2,1-4H3. The van der Waals surface area contributed by atoms with E-state index in [0.29, 0.717) is 28.9 Å². The van der Waals surface area contributed by atoms with Gasteiger partial charge in [-0.05, 0) is 48.4 Å². The van der Waals surface area contributed by atoms with E-state index in [2.05, 4.69) is 12.1 Å². The van der Waals surface area contributed by atoms with Crippen LogP contribution < -0.4 is 4.74 Å². The van der Waals surface area contributed by atoms with E-state index in [1.165, 1.54) is 14.2 Å². The highest BCUT2D eigenvalue weighted by atomic mass is 16.7. The lowest BCUT2D eigenvalue weighted by atomic mass is 9.89. The quantitative estimate of drug-likeness (QED) is 0.218.